The van der Waals surface area contributed by atoms with E-state index in [0.29, 0.717) is 0 Å². The van der Waals surface area contributed by atoms with Gasteiger partial charge in [0.25, 0.3) is 0 Å². The van der Waals surface area contributed by atoms with E-state index in [1.54, 1.807) is 7.11 Å². The van der Waals surface area contributed by atoms with Gasteiger partial charge in [0.1, 0.15) is 0 Å². The van der Waals surface area contributed by atoms with Crippen molar-refractivity contribution in [3.05, 3.63) is 16.4 Å². The highest BCUT2D eigenvalue weighted by Crippen LogP contribution is 2.41. The number of aromatic nitrogens is 2. The van der Waals surface area contributed by atoms with Crippen LogP contribution >= 0.6 is 15.9 Å². The summed E-state index contributed by atoms with van der Waals surface area (Å²) >= 11 is 3.61. The fraction of sp³-hybridized carbons (Fsp3) is 0.800. The molecule has 6 heteroatoms. The summed E-state index contributed by atoms with van der Waals surface area (Å²) in [6, 6.07) is -0.151. The van der Waals surface area contributed by atoms with Crippen molar-refractivity contribution in [1.82, 2.24) is 14.7 Å². The van der Waals surface area contributed by atoms with Gasteiger partial charge in [0, 0.05) is 13.7 Å². The Balaban J connectivity index is 2.24. The smallest absolute Gasteiger partial charge is 0.0886 e. The number of nitrogens with two attached hydrogens (primary N) is 1. The molecule has 1 aromatic rings. The van der Waals surface area contributed by atoms with Crippen molar-refractivity contribution in [3.63, 3.8) is 0 Å². The van der Waals surface area contributed by atoms with Crippen LogP contribution < -0.4 is 5.73 Å². The van der Waals surface area contributed by atoms with Gasteiger partial charge in [0.05, 0.1) is 34.6 Å². The first-order chi connectivity index (χ1) is 10.00. The minimum Gasteiger partial charge on any atom is -0.376 e. The van der Waals surface area contributed by atoms with Crippen LogP contribution in [0.1, 0.15) is 43.8 Å². The summed E-state index contributed by atoms with van der Waals surface area (Å²) in [5.74, 6) is 0. The zero-order valence-electron chi connectivity index (χ0n) is 13.3. The molecule has 0 spiro atoms. The summed E-state index contributed by atoms with van der Waals surface area (Å²) in [5.41, 5.74) is 7.44. The van der Waals surface area contributed by atoms with Crippen LogP contribution in [0.3, 0.4) is 0 Å². The van der Waals surface area contributed by atoms with Crippen LogP contribution in [-0.2, 0) is 11.3 Å². The van der Waals surface area contributed by atoms with Crippen LogP contribution in [0.5, 0.6) is 0 Å². The highest BCUT2D eigenvalue weighted by molar-refractivity contribution is 9.10. The lowest BCUT2D eigenvalue weighted by Crippen LogP contribution is -2.45. The normalized spacial score (nSPS) is 19.9. The van der Waals surface area contributed by atoms with Gasteiger partial charge in [0.2, 0.25) is 0 Å². The second kappa shape index (κ2) is 7.22. The van der Waals surface area contributed by atoms with Crippen LogP contribution in [-0.4, -0.2) is 48.0 Å². The highest BCUT2D eigenvalue weighted by Gasteiger charge is 2.41. The van der Waals surface area contributed by atoms with Gasteiger partial charge >= 0.3 is 0 Å². The van der Waals surface area contributed by atoms with Crippen molar-refractivity contribution in [1.29, 1.82) is 0 Å². The van der Waals surface area contributed by atoms with Crippen LogP contribution in [0.15, 0.2) is 10.7 Å². The zero-order chi connectivity index (χ0) is 15.5. The Bertz CT molecular complexity index is 455. The van der Waals surface area contributed by atoms with E-state index in [4.69, 9.17) is 10.5 Å². The lowest BCUT2D eigenvalue weighted by molar-refractivity contribution is -0.0614. The monoisotopic (exact) mass is 358 g/mol. The molecule has 5 nitrogen and oxygen atoms in total. The molecule has 0 bridgehead atoms. The van der Waals surface area contributed by atoms with E-state index in [1.807, 2.05) is 10.9 Å². The summed E-state index contributed by atoms with van der Waals surface area (Å²) in [6.45, 7) is 1.77. The van der Waals surface area contributed by atoms with Gasteiger partial charge in [-0.25, -0.2) is 0 Å². The van der Waals surface area contributed by atoms with E-state index in [1.165, 1.54) is 19.3 Å². The van der Waals surface area contributed by atoms with Crippen molar-refractivity contribution in [2.75, 3.05) is 27.7 Å². The average Bonchev–Trinajstić information content (AvgIpc) is 2.86. The van der Waals surface area contributed by atoms with Crippen molar-refractivity contribution < 1.29 is 4.74 Å². The molecule has 120 valence electrons. The van der Waals surface area contributed by atoms with Crippen LogP contribution in [0.4, 0.5) is 0 Å². The molecular weight excluding hydrogens is 332 g/mol. The van der Waals surface area contributed by atoms with Gasteiger partial charge in [-0.2, -0.15) is 5.10 Å². The number of hydrogen-bond acceptors (Lipinski definition) is 4. The molecular formula is C15H27BrN4O. The molecule has 1 aliphatic carbocycles. The number of ether oxygens (including phenoxy) is 1. The Morgan fingerprint density at radius 1 is 1.43 bits per heavy atom. The number of nitrogens with zero attached hydrogens (tertiary/aromatic N) is 3. The van der Waals surface area contributed by atoms with Crippen LogP contribution in [0.25, 0.3) is 0 Å². The molecule has 1 atom stereocenters. The largest absolute Gasteiger partial charge is 0.376 e. The summed E-state index contributed by atoms with van der Waals surface area (Å²) in [7, 11) is 5.92. The number of methoxy groups -OCH3 is 1. The molecule has 0 saturated heterocycles. The average molecular weight is 359 g/mol. The molecule has 1 saturated carbocycles. The Labute approximate surface area is 135 Å². The summed E-state index contributed by atoms with van der Waals surface area (Å²) < 4.78 is 8.90. The first-order valence-electron chi connectivity index (χ1n) is 7.67. The van der Waals surface area contributed by atoms with Crippen LogP contribution in [0, 0.1) is 0 Å². The van der Waals surface area contributed by atoms with E-state index < -0.39 is 0 Å². The van der Waals surface area contributed by atoms with E-state index in [9.17, 15) is 0 Å². The van der Waals surface area contributed by atoms with Gasteiger partial charge in [0.15, 0.2) is 0 Å². The third kappa shape index (κ3) is 3.67. The number of likely N-dealkylation sites (N-methyl/N-ethyl adjacent to an activating group) is 1. The molecule has 1 unspecified atom stereocenters. The molecule has 0 aromatic carbocycles. The van der Waals surface area contributed by atoms with Crippen molar-refractivity contribution in [2.45, 2.75) is 50.3 Å². The Hall–Kier alpha value is -0.430. The van der Waals surface area contributed by atoms with E-state index in [-0.39, 0.29) is 11.6 Å². The topological polar surface area (TPSA) is 56.3 Å². The Kier molecular flexibility index (Phi) is 5.82. The van der Waals surface area contributed by atoms with Crippen molar-refractivity contribution in [3.8, 4) is 0 Å². The Morgan fingerprint density at radius 3 is 2.67 bits per heavy atom. The van der Waals surface area contributed by atoms with Gasteiger partial charge in [-0.3, -0.25) is 4.68 Å². The van der Waals surface area contributed by atoms with E-state index >= 15 is 0 Å². The molecule has 1 fully saturated rings. The molecule has 2 rings (SSSR count). The molecule has 0 aliphatic heterocycles. The maximum atomic E-state index is 6.64. The van der Waals surface area contributed by atoms with E-state index in [0.717, 1.165) is 36.1 Å². The second-order valence-corrected chi connectivity index (χ2v) is 7.07. The molecule has 1 aliphatic rings. The zero-order valence-corrected chi connectivity index (χ0v) is 14.9. The van der Waals surface area contributed by atoms with Gasteiger partial charge in [-0.1, -0.05) is 19.3 Å². The summed E-state index contributed by atoms with van der Waals surface area (Å²) in [5, 5.41) is 4.48. The number of hydrogen-bond donors (Lipinski definition) is 1. The Morgan fingerprint density at radius 2 is 2.10 bits per heavy atom. The summed E-state index contributed by atoms with van der Waals surface area (Å²) in [6.07, 6.45) is 7.54. The van der Waals surface area contributed by atoms with Crippen molar-refractivity contribution >= 4 is 15.9 Å². The fourth-order valence-corrected chi connectivity index (χ4v) is 3.74. The first kappa shape index (κ1) is 16.9. The van der Waals surface area contributed by atoms with Crippen LogP contribution in [0.2, 0.25) is 0 Å². The maximum Gasteiger partial charge on any atom is 0.0886 e. The van der Waals surface area contributed by atoms with Crippen molar-refractivity contribution in [2.24, 2.45) is 5.73 Å². The van der Waals surface area contributed by atoms with Gasteiger partial charge in [-0.05, 0) is 42.9 Å². The lowest BCUT2D eigenvalue weighted by atomic mass is 9.78. The molecule has 2 N–H and O–H groups in total. The fourth-order valence-electron chi connectivity index (χ4n) is 3.20. The predicted molar refractivity (Wildman–Crippen MR) is 88.2 cm³/mol. The second-order valence-electron chi connectivity index (χ2n) is 6.21. The SMILES string of the molecule is COC1(C(N)c2c(Br)cnn2CCN(C)C)CCCCC1. The quantitative estimate of drug-likeness (QED) is 0.848. The molecule has 0 amide bonds. The predicted octanol–water partition coefficient (Wildman–Crippen LogP) is 2.56. The molecule has 0 radical (unpaired) electrons. The third-order valence-corrected chi connectivity index (χ3v) is 5.17. The van der Waals surface area contributed by atoms with E-state index in [2.05, 4.69) is 40.0 Å². The minimum atomic E-state index is -0.253. The van der Waals surface area contributed by atoms with Gasteiger partial charge in [-0.15, -0.1) is 0 Å². The maximum absolute atomic E-state index is 6.64. The molecule has 21 heavy (non-hydrogen) atoms. The third-order valence-electron chi connectivity index (χ3n) is 4.56. The highest BCUT2D eigenvalue weighted by atomic mass is 79.9. The standard InChI is InChI=1S/C15H27BrN4O/c1-19(2)9-10-20-13(12(16)11-18-20)14(17)15(21-3)7-5-4-6-8-15/h11,14H,4-10,17H2,1-3H3. The molecule has 1 heterocycles. The first-order valence-corrected chi connectivity index (χ1v) is 8.46. The lowest BCUT2D eigenvalue weighted by Gasteiger charge is -2.41. The number of rotatable bonds is 6. The number of halogens is 1. The summed E-state index contributed by atoms with van der Waals surface area (Å²) in [4.78, 5) is 2.15. The van der Waals surface area contributed by atoms with Gasteiger partial charge < -0.3 is 15.4 Å². The minimum absolute atomic E-state index is 0.151. The molecule has 1 aromatic heterocycles.